The maximum atomic E-state index is 6.07. The molecule has 0 saturated carbocycles. The van der Waals surface area contributed by atoms with Crippen molar-refractivity contribution in [3.63, 3.8) is 0 Å². The van der Waals surface area contributed by atoms with Crippen LogP contribution in [0.25, 0.3) is 0 Å². The van der Waals surface area contributed by atoms with Gasteiger partial charge in [0, 0.05) is 25.8 Å². The Kier molecular flexibility index (Phi) is 5.03. The predicted octanol–water partition coefficient (Wildman–Crippen LogP) is 1.50. The number of rotatable bonds is 5. The third kappa shape index (κ3) is 3.02. The van der Waals surface area contributed by atoms with Gasteiger partial charge in [-0.3, -0.25) is 0 Å². The standard InChI is InChI=1S/C16H22O7/c1-17-9-5-6-10(11(7-9)18-2)15-21-8-12-13(23-15)14(19-3)16(20-4)22-12/h5-7,12-16H,8H2,1-4H3/t12-,13+,14-,15?,16-/m1/s1. The number of ether oxygens (including phenoxy) is 7. The lowest BCUT2D eigenvalue weighted by Gasteiger charge is -2.33. The quantitative estimate of drug-likeness (QED) is 0.812. The van der Waals surface area contributed by atoms with E-state index < -0.39 is 12.6 Å². The van der Waals surface area contributed by atoms with Crippen LogP contribution in [0.4, 0.5) is 0 Å². The molecule has 2 heterocycles. The smallest absolute Gasteiger partial charge is 0.188 e. The lowest BCUT2D eigenvalue weighted by atomic mass is 10.1. The summed E-state index contributed by atoms with van der Waals surface area (Å²) in [6.45, 7) is 0.393. The molecule has 2 aliphatic rings. The molecule has 1 aromatic carbocycles. The molecule has 0 aliphatic carbocycles. The fourth-order valence-corrected chi connectivity index (χ4v) is 2.97. The fourth-order valence-electron chi connectivity index (χ4n) is 2.97. The van der Waals surface area contributed by atoms with Crippen LogP contribution < -0.4 is 9.47 Å². The minimum atomic E-state index is -0.561. The average molecular weight is 326 g/mol. The van der Waals surface area contributed by atoms with E-state index in [0.717, 1.165) is 5.56 Å². The molecule has 3 rings (SSSR count). The molecule has 7 nitrogen and oxygen atoms in total. The Labute approximate surface area is 135 Å². The Morgan fingerprint density at radius 3 is 2.48 bits per heavy atom. The van der Waals surface area contributed by atoms with Gasteiger partial charge in [-0.05, 0) is 12.1 Å². The summed E-state index contributed by atoms with van der Waals surface area (Å²) < 4.78 is 39.0. The molecular weight excluding hydrogens is 304 g/mol. The second kappa shape index (κ2) is 7.02. The second-order valence-corrected chi connectivity index (χ2v) is 5.35. The summed E-state index contributed by atoms with van der Waals surface area (Å²) in [4.78, 5) is 0. The van der Waals surface area contributed by atoms with Gasteiger partial charge in [0.25, 0.3) is 0 Å². The number of hydrogen-bond acceptors (Lipinski definition) is 7. The van der Waals surface area contributed by atoms with E-state index in [4.69, 9.17) is 33.2 Å². The first kappa shape index (κ1) is 16.5. The van der Waals surface area contributed by atoms with E-state index >= 15 is 0 Å². The minimum absolute atomic E-state index is 0.217. The largest absolute Gasteiger partial charge is 0.497 e. The molecule has 2 saturated heterocycles. The van der Waals surface area contributed by atoms with Gasteiger partial charge in [0.1, 0.15) is 29.8 Å². The van der Waals surface area contributed by atoms with Crippen LogP contribution in [-0.2, 0) is 23.7 Å². The van der Waals surface area contributed by atoms with Gasteiger partial charge in [0.05, 0.1) is 20.8 Å². The molecule has 23 heavy (non-hydrogen) atoms. The van der Waals surface area contributed by atoms with Gasteiger partial charge >= 0.3 is 0 Å². The van der Waals surface area contributed by atoms with Crippen LogP contribution in [0.15, 0.2) is 18.2 Å². The SMILES string of the molecule is COc1ccc(C2OC[C@H]3O[C@@H](OC)[C@H](OC)[C@H]3O2)c(OC)c1. The van der Waals surface area contributed by atoms with Gasteiger partial charge < -0.3 is 33.2 Å². The first-order valence-electron chi connectivity index (χ1n) is 7.41. The van der Waals surface area contributed by atoms with Gasteiger partial charge in [-0.1, -0.05) is 0 Å². The van der Waals surface area contributed by atoms with Crippen LogP contribution in [0, 0.1) is 0 Å². The van der Waals surface area contributed by atoms with Crippen LogP contribution in [0.3, 0.4) is 0 Å². The molecule has 128 valence electrons. The highest BCUT2D eigenvalue weighted by molar-refractivity contribution is 5.41. The van der Waals surface area contributed by atoms with Gasteiger partial charge in [0.15, 0.2) is 12.6 Å². The summed E-state index contributed by atoms with van der Waals surface area (Å²) in [6.07, 6.45) is -1.81. The minimum Gasteiger partial charge on any atom is -0.497 e. The highest BCUT2D eigenvalue weighted by atomic mass is 16.8. The van der Waals surface area contributed by atoms with Gasteiger partial charge in [-0.2, -0.15) is 0 Å². The predicted molar refractivity (Wildman–Crippen MR) is 79.6 cm³/mol. The van der Waals surface area contributed by atoms with Crippen LogP contribution >= 0.6 is 0 Å². The Balaban J connectivity index is 1.81. The Morgan fingerprint density at radius 1 is 1.00 bits per heavy atom. The first-order chi connectivity index (χ1) is 11.2. The molecule has 0 radical (unpaired) electrons. The number of hydrogen-bond donors (Lipinski definition) is 0. The zero-order valence-electron chi connectivity index (χ0n) is 13.7. The van der Waals surface area contributed by atoms with Crippen molar-refractivity contribution >= 4 is 0 Å². The van der Waals surface area contributed by atoms with E-state index in [1.54, 1.807) is 34.5 Å². The molecule has 0 amide bonds. The lowest BCUT2D eigenvalue weighted by molar-refractivity contribution is -0.255. The molecule has 0 spiro atoms. The van der Waals surface area contributed by atoms with Gasteiger partial charge in [0.2, 0.25) is 0 Å². The van der Waals surface area contributed by atoms with E-state index in [-0.39, 0.29) is 18.3 Å². The molecule has 0 aromatic heterocycles. The summed E-state index contributed by atoms with van der Waals surface area (Å²) in [5.41, 5.74) is 0.794. The normalized spacial score (nSPS) is 33.3. The molecule has 5 atom stereocenters. The van der Waals surface area contributed by atoms with Crippen molar-refractivity contribution in [1.82, 2.24) is 0 Å². The van der Waals surface area contributed by atoms with Crippen molar-refractivity contribution in [2.24, 2.45) is 0 Å². The van der Waals surface area contributed by atoms with E-state index in [9.17, 15) is 0 Å². The third-order valence-electron chi connectivity index (χ3n) is 4.16. The highest BCUT2D eigenvalue weighted by Gasteiger charge is 2.50. The molecule has 0 N–H and O–H groups in total. The Bertz CT molecular complexity index is 535. The van der Waals surface area contributed by atoms with E-state index in [2.05, 4.69) is 0 Å². The number of benzene rings is 1. The third-order valence-corrected chi connectivity index (χ3v) is 4.16. The van der Waals surface area contributed by atoms with Gasteiger partial charge in [-0.25, -0.2) is 0 Å². The van der Waals surface area contributed by atoms with Crippen molar-refractivity contribution in [1.29, 1.82) is 0 Å². The lowest BCUT2D eigenvalue weighted by Crippen LogP contribution is -2.43. The average Bonchev–Trinajstić information content (AvgIpc) is 2.97. The molecule has 7 heteroatoms. The summed E-state index contributed by atoms with van der Waals surface area (Å²) >= 11 is 0. The fraction of sp³-hybridized carbons (Fsp3) is 0.625. The van der Waals surface area contributed by atoms with Crippen molar-refractivity contribution in [2.45, 2.75) is 30.9 Å². The van der Waals surface area contributed by atoms with Crippen LogP contribution in [0.2, 0.25) is 0 Å². The van der Waals surface area contributed by atoms with Crippen LogP contribution in [-0.4, -0.2) is 59.6 Å². The molecule has 1 unspecified atom stereocenters. The first-order valence-corrected chi connectivity index (χ1v) is 7.41. The zero-order valence-corrected chi connectivity index (χ0v) is 13.7. The maximum Gasteiger partial charge on any atom is 0.188 e. The molecular formula is C16H22O7. The van der Waals surface area contributed by atoms with Crippen LogP contribution in [0.1, 0.15) is 11.9 Å². The van der Waals surface area contributed by atoms with Crippen molar-refractivity contribution in [2.75, 3.05) is 35.0 Å². The molecule has 2 aliphatic heterocycles. The Hall–Kier alpha value is -1.38. The second-order valence-electron chi connectivity index (χ2n) is 5.35. The van der Waals surface area contributed by atoms with Crippen molar-refractivity contribution in [3.8, 4) is 11.5 Å². The van der Waals surface area contributed by atoms with Crippen molar-refractivity contribution in [3.05, 3.63) is 23.8 Å². The number of methoxy groups -OCH3 is 4. The monoisotopic (exact) mass is 326 g/mol. The van der Waals surface area contributed by atoms with E-state index in [0.29, 0.717) is 18.1 Å². The molecule has 2 fully saturated rings. The summed E-state index contributed by atoms with van der Waals surface area (Å²) in [7, 11) is 6.40. The summed E-state index contributed by atoms with van der Waals surface area (Å²) in [6, 6.07) is 5.51. The highest BCUT2D eigenvalue weighted by Crippen LogP contribution is 2.39. The van der Waals surface area contributed by atoms with E-state index in [1.165, 1.54) is 0 Å². The van der Waals surface area contributed by atoms with Crippen molar-refractivity contribution < 1.29 is 33.2 Å². The molecule has 0 bridgehead atoms. The summed E-state index contributed by atoms with van der Waals surface area (Å²) in [5.74, 6) is 1.35. The summed E-state index contributed by atoms with van der Waals surface area (Å²) in [5, 5.41) is 0. The Morgan fingerprint density at radius 2 is 1.83 bits per heavy atom. The topological polar surface area (TPSA) is 64.6 Å². The zero-order chi connectivity index (χ0) is 16.4. The maximum absolute atomic E-state index is 6.07. The van der Waals surface area contributed by atoms with Crippen LogP contribution in [0.5, 0.6) is 11.5 Å². The van der Waals surface area contributed by atoms with Gasteiger partial charge in [-0.15, -0.1) is 0 Å². The van der Waals surface area contributed by atoms with E-state index in [1.807, 2.05) is 12.1 Å². The molecule has 1 aromatic rings. The number of fused-ring (bicyclic) bond motifs is 1.